The number of imidazole rings is 1. The highest BCUT2D eigenvalue weighted by Gasteiger charge is 2.37. The molecule has 1 saturated heterocycles. The smallest absolute Gasteiger partial charge is 0.407 e. The molecule has 2 atom stereocenters. The summed E-state index contributed by atoms with van der Waals surface area (Å²) in [6.45, 7) is 6.23. The highest BCUT2D eigenvalue weighted by molar-refractivity contribution is 9.10. The van der Waals surface area contributed by atoms with Gasteiger partial charge in [0.1, 0.15) is 11.9 Å². The van der Waals surface area contributed by atoms with Crippen LogP contribution in [0.25, 0.3) is 11.3 Å². The van der Waals surface area contributed by atoms with Gasteiger partial charge in [-0.05, 0) is 53.7 Å². The quantitative estimate of drug-likeness (QED) is 0.618. The highest BCUT2D eigenvalue weighted by Crippen LogP contribution is 2.33. The maximum absolute atomic E-state index is 13.2. The number of benzene rings is 1. The minimum absolute atomic E-state index is 0.0686. The van der Waals surface area contributed by atoms with Crippen LogP contribution in [0.5, 0.6) is 0 Å². The lowest BCUT2D eigenvalue weighted by Crippen LogP contribution is -2.51. The maximum atomic E-state index is 13.2. The van der Waals surface area contributed by atoms with Crippen LogP contribution in [0.1, 0.15) is 51.0 Å². The van der Waals surface area contributed by atoms with Gasteiger partial charge in [-0.1, -0.05) is 25.8 Å². The number of halogens is 1. The Morgan fingerprint density at radius 2 is 2.16 bits per heavy atom. The van der Waals surface area contributed by atoms with E-state index in [1.54, 1.807) is 18.0 Å². The van der Waals surface area contributed by atoms with E-state index in [1.807, 2.05) is 32.0 Å². The lowest BCUT2D eigenvalue weighted by atomic mass is 10.0. The molecule has 0 aliphatic carbocycles. The van der Waals surface area contributed by atoms with E-state index in [1.165, 1.54) is 7.11 Å². The Morgan fingerprint density at radius 1 is 1.39 bits per heavy atom. The Kier molecular flexibility index (Phi) is 7.39. The first-order valence-corrected chi connectivity index (χ1v) is 11.1. The van der Waals surface area contributed by atoms with Crippen molar-refractivity contribution in [3.63, 3.8) is 0 Å². The summed E-state index contributed by atoms with van der Waals surface area (Å²) in [6, 6.07) is 5.16. The second-order valence-corrected chi connectivity index (χ2v) is 8.65. The molecule has 2 N–H and O–H groups in total. The lowest BCUT2D eigenvalue weighted by molar-refractivity contribution is -0.135. The molecule has 1 fully saturated rings. The van der Waals surface area contributed by atoms with Crippen LogP contribution in [0.15, 0.2) is 28.9 Å². The molecule has 1 aromatic heterocycles. The third kappa shape index (κ3) is 5.10. The van der Waals surface area contributed by atoms with Crippen LogP contribution in [0.2, 0.25) is 0 Å². The van der Waals surface area contributed by atoms with Gasteiger partial charge in [0.15, 0.2) is 0 Å². The number of aromatic nitrogens is 2. The Hall–Kier alpha value is -2.79. The fourth-order valence-corrected chi connectivity index (χ4v) is 4.11. The van der Waals surface area contributed by atoms with Gasteiger partial charge in [0.05, 0.1) is 25.0 Å². The number of carbonyl (C=O) groups excluding carboxylic acids is 2. The van der Waals surface area contributed by atoms with Crippen LogP contribution in [0.4, 0.5) is 4.79 Å². The van der Waals surface area contributed by atoms with E-state index >= 15 is 0 Å². The Balaban J connectivity index is 1.84. The number of hydrogen-bond donors (Lipinski definition) is 2. The van der Waals surface area contributed by atoms with Crippen LogP contribution in [-0.4, -0.2) is 46.6 Å². The van der Waals surface area contributed by atoms with Crippen molar-refractivity contribution in [2.75, 3.05) is 13.7 Å². The Morgan fingerprint density at radius 3 is 2.84 bits per heavy atom. The van der Waals surface area contributed by atoms with Crippen molar-refractivity contribution < 1.29 is 14.3 Å². The number of rotatable bonds is 5. The van der Waals surface area contributed by atoms with Crippen molar-refractivity contribution in [2.24, 2.45) is 5.92 Å². The fourth-order valence-electron chi connectivity index (χ4n) is 3.77. The van der Waals surface area contributed by atoms with Crippen molar-refractivity contribution in [3.8, 4) is 23.1 Å². The van der Waals surface area contributed by atoms with Crippen molar-refractivity contribution in [3.05, 3.63) is 40.3 Å². The van der Waals surface area contributed by atoms with Crippen LogP contribution in [0.3, 0.4) is 0 Å². The van der Waals surface area contributed by atoms with Gasteiger partial charge in [-0.3, -0.25) is 4.79 Å². The Labute approximate surface area is 191 Å². The molecule has 0 spiro atoms. The number of hydrogen-bond acceptors (Lipinski definition) is 4. The zero-order valence-corrected chi connectivity index (χ0v) is 19.7. The zero-order chi connectivity index (χ0) is 22.5. The van der Waals surface area contributed by atoms with Gasteiger partial charge >= 0.3 is 6.09 Å². The van der Waals surface area contributed by atoms with Gasteiger partial charge in [0.2, 0.25) is 5.91 Å². The molecule has 2 aromatic rings. The summed E-state index contributed by atoms with van der Waals surface area (Å²) < 4.78 is 5.63. The summed E-state index contributed by atoms with van der Waals surface area (Å²) in [7, 11) is 1.29. The molecule has 1 aromatic carbocycles. The van der Waals surface area contributed by atoms with E-state index in [0.717, 1.165) is 40.0 Å². The summed E-state index contributed by atoms with van der Waals surface area (Å²) in [5.41, 5.74) is 2.75. The number of carbonyl (C=O) groups is 2. The second kappa shape index (κ2) is 10.0. The monoisotopic (exact) mass is 486 g/mol. The topological polar surface area (TPSA) is 87.3 Å². The fraction of sp³-hybridized carbons (Fsp3) is 0.435. The van der Waals surface area contributed by atoms with Crippen LogP contribution >= 0.6 is 15.9 Å². The Bertz CT molecular complexity index is 1020. The van der Waals surface area contributed by atoms with Crippen molar-refractivity contribution in [1.82, 2.24) is 20.2 Å². The highest BCUT2D eigenvalue weighted by atomic mass is 79.9. The van der Waals surface area contributed by atoms with Gasteiger partial charge < -0.3 is 19.9 Å². The number of nitrogens with one attached hydrogen (secondary N) is 2. The minimum atomic E-state index is -0.649. The molecule has 31 heavy (non-hydrogen) atoms. The number of alkyl carbamates (subject to hydrolysis) is 1. The lowest BCUT2D eigenvalue weighted by Gasteiger charge is -2.30. The average Bonchev–Trinajstić information content (AvgIpc) is 3.42. The molecule has 2 amide bonds. The van der Waals surface area contributed by atoms with Crippen LogP contribution in [0, 0.1) is 17.8 Å². The normalized spacial score (nSPS) is 16.6. The average molecular weight is 487 g/mol. The summed E-state index contributed by atoms with van der Waals surface area (Å²) in [5.74, 6) is 6.56. The van der Waals surface area contributed by atoms with Gasteiger partial charge in [-0.2, -0.15) is 0 Å². The molecular weight excluding hydrogens is 460 g/mol. The van der Waals surface area contributed by atoms with Crippen molar-refractivity contribution >= 4 is 27.9 Å². The van der Waals surface area contributed by atoms with Gasteiger partial charge in [-0.25, -0.2) is 9.78 Å². The van der Waals surface area contributed by atoms with Crippen molar-refractivity contribution in [1.29, 1.82) is 0 Å². The molecule has 0 radical (unpaired) electrons. The van der Waals surface area contributed by atoms with Crippen molar-refractivity contribution in [2.45, 2.75) is 45.7 Å². The molecular formula is C23H27BrN4O3. The van der Waals surface area contributed by atoms with E-state index in [9.17, 15) is 9.59 Å². The summed E-state index contributed by atoms with van der Waals surface area (Å²) >= 11 is 3.52. The third-order valence-electron chi connectivity index (χ3n) is 5.38. The molecule has 2 heterocycles. The molecule has 0 saturated carbocycles. The van der Waals surface area contributed by atoms with E-state index in [4.69, 9.17) is 4.74 Å². The molecule has 1 aliphatic heterocycles. The largest absolute Gasteiger partial charge is 0.453 e. The zero-order valence-electron chi connectivity index (χ0n) is 18.2. The molecule has 1 aliphatic rings. The predicted octanol–water partition coefficient (Wildman–Crippen LogP) is 4.25. The molecule has 164 valence electrons. The van der Waals surface area contributed by atoms with Crippen LogP contribution in [-0.2, 0) is 9.53 Å². The first-order chi connectivity index (χ1) is 14.8. The molecule has 7 nitrogen and oxygen atoms in total. The van der Waals surface area contributed by atoms with E-state index in [0.29, 0.717) is 6.54 Å². The van der Waals surface area contributed by atoms with E-state index in [-0.39, 0.29) is 17.9 Å². The number of likely N-dealkylation sites (tertiary alicyclic amines) is 1. The standard InChI is InChI=1S/C23H27BrN4O3/c1-5-7-15-12-16(9-10-17(15)24)18-13-25-21(26-18)19-8-6-11-28(19)22(29)20(14(2)3)27-23(30)31-4/h9-10,12-14,19-20H,6,8,11H2,1-4H3,(H,25,26)(H,27,30). The maximum Gasteiger partial charge on any atom is 0.407 e. The number of ether oxygens (including phenoxy) is 1. The summed E-state index contributed by atoms with van der Waals surface area (Å²) in [5, 5.41) is 2.67. The van der Waals surface area contributed by atoms with E-state index in [2.05, 4.69) is 43.1 Å². The van der Waals surface area contributed by atoms with Gasteiger partial charge in [0, 0.05) is 22.1 Å². The van der Waals surface area contributed by atoms with Gasteiger partial charge in [-0.15, -0.1) is 5.92 Å². The first kappa shape index (κ1) is 22.9. The van der Waals surface area contributed by atoms with E-state index < -0.39 is 12.1 Å². The number of amides is 2. The first-order valence-electron chi connectivity index (χ1n) is 10.3. The second-order valence-electron chi connectivity index (χ2n) is 7.80. The number of nitrogens with zero attached hydrogens (tertiary/aromatic N) is 2. The summed E-state index contributed by atoms with van der Waals surface area (Å²) in [6.07, 6.45) is 2.87. The number of H-pyrrole nitrogens is 1. The predicted molar refractivity (Wildman–Crippen MR) is 122 cm³/mol. The minimum Gasteiger partial charge on any atom is -0.453 e. The number of aromatic amines is 1. The molecule has 8 heteroatoms. The van der Waals surface area contributed by atoms with Gasteiger partial charge in [0.25, 0.3) is 0 Å². The summed E-state index contributed by atoms with van der Waals surface area (Å²) in [4.78, 5) is 34.7. The molecule has 3 rings (SSSR count). The third-order valence-corrected chi connectivity index (χ3v) is 6.07. The number of methoxy groups -OCH3 is 1. The molecule has 0 bridgehead atoms. The van der Waals surface area contributed by atoms with Crippen LogP contribution < -0.4 is 5.32 Å². The molecule has 2 unspecified atom stereocenters. The SMILES string of the molecule is CC#Cc1cc(-c2cnc(C3CCCN3C(=O)C(NC(=O)OC)C(C)C)[nH]2)ccc1Br.